The Hall–Kier alpha value is -7.42. The highest BCUT2D eigenvalue weighted by Gasteiger charge is 2.57. The van der Waals surface area contributed by atoms with Gasteiger partial charge in [-0.2, -0.15) is 0 Å². The fourth-order valence-corrected chi connectivity index (χ4v) is 12.5. The molecule has 1 spiro atoms. The molecule has 0 N–H and O–H groups in total. The van der Waals surface area contributed by atoms with Crippen molar-refractivity contribution in [2.75, 3.05) is 4.90 Å². The molecular formula is C61H46N2. The van der Waals surface area contributed by atoms with Crippen molar-refractivity contribution in [3.05, 3.63) is 230 Å². The van der Waals surface area contributed by atoms with E-state index in [1.807, 2.05) is 0 Å². The van der Waals surface area contributed by atoms with Crippen LogP contribution in [0.2, 0.25) is 0 Å². The van der Waals surface area contributed by atoms with Crippen LogP contribution in [0.5, 0.6) is 0 Å². The molecule has 10 aromatic rings. The number of hydrogen-bond donors (Lipinski definition) is 0. The minimum atomic E-state index is 0.0517. The summed E-state index contributed by atoms with van der Waals surface area (Å²) in [5.74, 6) is 1.46. The van der Waals surface area contributed by atoms with E-state index < -0.39 is 0 Å². The van der Waals surface area contributed by atoms with Crippen LogP contribution in [0.3, 0.4) is 0 Å². The van der Waals surface area contributed by atoms with Gasteiger partial charge in [-0.05, 0) is 112 Å². The molecular weight excluding hydrogens is 761 g/mol. The van der Waals surface area contributed by atoms with Crippen LogP contribution in [-0.2, 0) is 5.41 Å². The Morgan fingerprint density at radius 3 is 1.62 bits per heavy atom. The van der Waals surface area contributed by atoms with E-state index in [0.717, 1.165) is 23.0 Å². The molecule has 0 amide bonds. The lowest BCUT2D eigenvalue weighted by atomic mass is 9.67. The van der Waals surface area contributed by atoms with Crippen LogP contribution in [0, 0.1) is 11.8 Å². The summed E-state index contributed by atoms with van der Waals surface area (Å²) >= 11 is 0. The minimum Gasteiger partial charge on any atom is -0.307 e. The van der Waals surface area contributed by atoms with Gasteiger partial charge >= 0.3 is 0 Å². The largest absolute Gasteiger partial charge is 0.307 e. The van der Waals surface area contributed by atoms with E-state index >= 15 is 0 Å². The maximum absolute atomic E-state index is 2.62. The molecule has 0 radical (unpaired) electrons. The molecule has 2 fully saturated rings. The zero-order valence-electron chi connectivity index (χ0n) is 35.2. The molecule has 2 saturated carbocycles. The Morgan fingerprint density at radius 2 is 0.921 bits per heavy atom. The number of anilines is 3. The smallest absolute Gasteiger partial charge is 0.0702 e. The van der Waals surface area contributed by atoms with Gasteiger partial charge in [-0.25, -0.2) is 0 Å². The van der Waals surface area contributed by atoms with Gasteiger partial charge in [0.25, 0.3) is 0 Å². The molecule has 3 aliphatic carbocycles. The third-order valence-electron chi connectivity index (χ3n) is 14.9. The minimum absolute atomic E-state index is 0.0517. The van der Waals surface area contributed by atoms with Crippen LogP contribution >= 0.6 is 0 Å². The number of nitrogens with zero attached hydrogens (tertiary/aromatic N) is 2. The summed E-state index contributed by atoms with van der Waals surface area (Å²) in [6.45, 7) is 0. The van der Waals surface area contributed by atoms with E-state index in [1.54, 1.807) is 0 Å². The first kappa shape index (κ1) is 36.3. The molecule has 63 heavy (non-hydrogen) atoms. The van der Waals surface area contributed by atoms with Crippen molar-refractivity contribution in [3.8, 4) is 50.2 Å². The van der Waals surface area contributed by atoms with E-state index in [2.05, 4.69) is 228 Å². The lowest BCUT2D eigenvalue weighted by molar-refractivity contribution is 0.327. The van der Waals surface area contributed by atoms with Gasteiger partial charge in [0, 0.05) is 27.3 Å². The van der Waals surface area contributed by atoms with Crippen molar-refractivity contribution < 1.29 is 0 Å². The molecule has 3 atom stereocenters. The van der Waals surface area contributed by atoms with Gasteiger partial charge in [-0.3, -0.25) is 0 Å². The van der Waals surface area contributed by atoms with Gasteiger partial charge in [0.1, 0.15) is 0 Å². The molecule has 13 rings (SSSR count). The van der Waals surface area contributed by atoms with Gasteiger partial charge < -0.3 is 9.47 Å². The molecule has 1 heterocycles. The highest BCUT2D eigenvalue weighted by molar-refractivity contribution is 6.10. The Bertz CT molecular complexity index is 3340. The van der Waals surface area contributed by atoms with Crippen molar-refractivity contribution in [3.63, 3.8) is 0 Å². The molecule has 2 bridgehead atoms. The third-order valence-corrected chi connectivity index (χ3v) is 14.9. The molecule has 3 aliphatic rings. The summed E-state index contributed by atoms with van der Waals surface area (Å²) in [6, 6.07) is 81.4. The van der Waals surface area contributed by atoms with Gasteiger partial charge in [0.15, 0.2) is 0 Å². The first-order valence-corrected chi connectivity index (χ1v) is 22.7. The number of benzene rings is 9. The summed E-state index contributed by atoms with van der Waals surface area (Å²) in [4.78, 5) is 2.62. The lowest BCUT2D eigenvalue weighted by Crippen LogP contribution is -2.31. The second kappa shape index (κ2) is 14.3. The SMILES string of the molecule is c1ccc(-c2ccccc2-c2ccccc2-c2ccccc2N(c2ccccc2-n2c3ccccc3c3ccccc32)c2cccc3c2-c2ccccc2C32CC3CCC2C3)cc1. The van der Waals surface area contributed by atoms with E-state index in [-0.39, 0.29) is 5.41 Å². The Kier molecular flexibility index (Phi) is 8.24. The van der Waals surface area contributed by atoms with Gasteiger partial charge in [0.2, 0.25) is 0 Å². The average molecular weight is 807 g/mol. The van der Waals surface area contributed by atoms with E-state index in [4.69, 9.17) is 0 Å². The third kappa shape index (κ3) is 5.37. The van der Waals surface area contributed by atoms with E-state index in [1.165, 1.54) is 109 Å². The predicted molar refractivity (Wildman–Crippen MR) is 263 cm³/mol. The maximum atomic E-state index is 2.62. The van der Waals surface area contributed by atoms with Gasteiger partial charge in [0.05, 0.1) is 33.8 Å². The molecule has 9 aromatic carbocycles. The maximum Gasteiger partial charge on any atom is 0.0702 e. The summed E-state index contributed by atoms with van der Waals surface area (Å²) < 4.78 is 2.49. The first-order chi connectivity index (χ1) is 31.3. The van der Waals surface area contributed by atoms with Crippen LogP contribution in [0.1, 0.15) is 36.8 Å². The number of aromatic nitrogens is 1. The van der Waals surface area contributed by atoms with Crippen LogP contribution in [0.15, 0.2) is 218 Å². The monoisotopic (exact) mass is 806 g/mol. The van der Waals surface area contributed by atoms with Gasteiger partial charge in [-0.15, -0.1) is 0 Å². The first-order valence-electron chi connectivity index (χ1n) is 22.7. The molecule has 2 heteroatoms. The molecule has 1 aromatic heterocycles. The lowest BCUT2D eigenvalue weighted by Gasteiger charge is -2.37. The fourth-order valence-electron chi connectivity index (χ4n) is 12.5. The van der Waals surface area contributed by atoms with Crippen LogP contribution in [0.25, 0.3) is 72.0 Å². The number of rotatable bonds is 7. The molecule has 300 valence electrons. The Balaban J connectivity index is 1.11. The Morgan fingerprint density at radius 1 is 0.397 bits per heavy atom. The second-order valence-corrected chi connectivity index (χ2v) is 18.0. The van der Waals surface area contributed by atoms with Crippen LogP contribution in [0.4, 0.5) is 17.1 Å². The van der Waals surface area contributed by atoms with Crippen molar-refractivity contribution in [2.24, 2.45) is 11.8 Å². The highest BCUT2D eigenvalue weighted by Crippen LogP contribution is 2.67. The number of fused-ring (bicyclic) bond motifs is 11. The molecule has 2 nitrogen and oxygen atoms in total. The quantitative estimate of drug-likeness (QED) is 0.156. The van der Waals surface area contributed by atoms with Crippen molar-refractivity contribution in [1.29, 1.82) is 0 Å². The highest BCUT2D eigenvalue weighted by atomic mass is 15.2. The van der Waals surface area contributed by atoms with Crippen molar-refractivity contribution in [2.45, 2.75) is 31.1 Å². The van der Waals surface area contributed by atoms with Crippen LogP contribution in [-0.4, -0.2) is 4.57 Å². The summed E-state index contributed by atoms with van der Waals surface area (Å²) in [6.07, 6.45) is 5.26. The molecule has 0 aliphatic heterocycles. The second-order valence-electron chi connectivity index (χ2n) is 18.0. The normalized spacial score (nSPS) is 18.3. The summed E-state index contributed by atoms with van der Waals surface area (Å²) in [7, 11) is 0. The standard InChI is InChI=1S/C61H46N2/c1-2-19-42(20-3-1)44-21-4-5-22-45(44)46-23-6-7-24-47(46)48-25-9-13-31-54(48)63(58-35-17-16-34-57(58)62-55-32-14-10-26-49(55)50-27-11-15-33-56(50)62)59-36-18-30-53-60(59)51-28-8-12-29-52(51)61(53)40-41-37-38-43(61)39-41/h1-36,41,43H,37-40H2. The Labute approximate surface area is 369 Å². The fraction of sp³-hybridized carbons (Fsp3) is 0.115. The molecule has 0 saturated heterocycles. The van der Waals surface area contributed by atoms with Gasteiger partial charge in [-0.1, -0.05) is 188 Å². The zero-order valence-corrected chi connectivity index (χ0v) is 35.2. The zero-order chi connectivity index (χ0) is 41.5. The molecule has 3 unspecified atom stereocenters. The van der Waals surface area contributed by atoms with E-state index in [9.17, 15) is 0 Å². The topological polar surface area (TPSA) is 8.17 Å². The summed E-state index contributed by atoms with van der Waals surface area (Å²) in [5, 5.41) is 2.52. The van der Waals surface area contributed by atoms with Crippen molar-refractivity contribution in [1.82, 2.24) is 4.57 Å². The average Bonchev–Trinajstić information content (AvgIpc) is 4.13. The van der Waals surface area contributed by atoms with Crippen molar-refractivity contribution >= 4 is 38.9 Å². The predicted octanol–water partition coefficient (Wildman–Crippen LogP) is 16.3. The summed E-state index contributed by atoms with van der Waals surface area (Å²) in [5.41, 5.74) is 20.2. The van der Waals surface area contributed by atoms with Crippen LogP contribution < -0.4 is 4.90 Å². The van der Waals surface area contributed by atoms with E-state index in [0.29, 0.717) is 5.92 Å². The number of hydrogen-bond acceptors (Lipinski definition) is 1. The number of para-hydroxylation sites is 5.